The molecule has 0 spiro atoms. The van der Waals surface area contributed by atoms with E-state index in [-0.39, 0.29) is 6.04 Å². The smallest absolute Gasteiger partial charge is 0.242 e. The highest BCUT2D eigenvalue weighted by Gasteiger charge is 2.26. The summed E-state index contributed by atoms with van der Waals surface area (Å²) in [5.41, 5.74) is 1.53. The molecule has 1 aromatic heterocycles. The van der Waals surface area contributed by atoms with Crippen LogP contribution in [0.5, 0.6) is 0 Å². The van der Waals surface area contributed by atoms with E-state index in [1.807, 2.05) is 26.2 Å². The van der Waals surface area contributed by atoms with Crippen LogP contribution in [0, 0.1) is 13.8 Å². The lowest BCUT2D eigenvalue weighted by Gasteiger charge is -2.18. The van der Waals surface area contributed by atoms with Crippen molar-refractivity contribution in [1.29, 1.82) is 0 Å². The lowest BCUT2D eigenvalue weighted by Crippen LogP contribution is -2.29. The van der Waals surface area contributed by atoms with E-state index < -0.39 is 10.0 Å². The van der Waals surface area contributed by atoms with Gasteiger partial charge in [-0.2, -0.15) is 0 Å². The molecule has 2 aromatic rings. The Labute approximate surface area is 135 Å². The molecular formula is C15H20N2O3S2. The minimum Gasteiger partial charge on any atom is -0.361 e. The maximum atomic E-state index is 12.7. The first-order valence-corrected chi connectivity index (χ1v) is 9.69. The average Bonchev–Trinajstić information content (AvgIpc) is 2.84. The highest BCUT2D eigenvalue weighted by Crippen LogP contribution is 2.29. The van der Waals surface area contributed by atoms with E-state index in [4.69, 9.17) is 4.52 Å². The van der Waals surface area contributed by atoms with Crippen molar-refractivity contribution in [1.82, 2.24) is 9.88 Å². The second-order valence-electron chi connectivity index (χ2n) is 4.97. The van der Waals surface area contributed by atoms with Crippen molar-refractivity contribution in [2.75, 3.05) is 6.26 Å². The molecule has 0 unspecified atom stereocenters. The first-order chi connectivity index (χ1) is 10.4. The summed E-state index contributed by atoms with van der Waals surface area (Å²) in [6.07, 6.45) is 2.48. The van der Waals surface area contributed by atoms with Crippen LogP contribution < -0.4 is 4.72 Å². The summed E-state index contributed by atoms with van der Waals surface area (Å²) in [4.78, 5) is 1.02. The number of aryl methyl sites for hydroxylation is 2. The fourth-order valence-corrected chi connectivity index (χ4v) is 4.87. The molecule has 22 heavy (non-hydrogen) atoms. The molecule has 0 fully saturated rings. The van der Waals surface area contributed by atoms with Gasteiger partial charge in [0.15, 0.2) is 0 Å². The predicted molar refractivity (Wildman–Crippen MR) is 87.6 cm³/mol. The number of hydrogen-bond acceptors (Lipinski definition) is 5. The molecule has 5 nitrogen and oxygen atoms in total. The van der Waals surface area contributed by atoms with Crippen molar-refractivity contribution in [2.45, 2.75) is 43.0 Å². The zero-order valence-corrected chi connectivity index (χ0v) is 14.7. The second kappa shape index (κ2) is 6.85. The van der Waals surface area contributed by atoms with Crippen LogP contribution in [-0.4, -0.2) is 19.8 Å². The zero-order chi connectivity index (χ0) is 16.3. The van der Waals surface area contributed by atoms with Gasteiger partial charge in [-0.05, 0) is 38.7 Å². The van der Waals surface area contributed by atoms with E-state index in [2.05, 4.69) is 9.88 Å². The maximum absolute atomic E-state index is 12.7. The fraction of sp³-hybridized carbons (Fsp3) is 0.400. The third kappa shape index (κ3) is 3.37. The largest absolute Gasteiger partial charge is 0.361 e. The summed E-state index contributed by atoms with van der Waals surface area (Å²) in [6, 6.07) is 6.62. The van der Waals surface area contributed by atoms with Crippen molar-refractivity contribution in [3.05, 3.63) is 41.3 Å². The van der Waals surface area contributed by atoms with E-state index in [0.29, 0.717) is 22.8 Å². The molecule has 0 saturated heterocycles. The molecule has 120 valence electrons. The Bertz CT molecular complexity index is 734. The van der Waals surface area contributed by atoms with Crippen molar-refractivity contribution in [2.24, 2.45) is 0 Å². The van der Waals surface area contributed by atoms with Crippen molar-refractivity contribution < 1.29 is 12.9 Å². The molecule has 0 aliphatic heterocycles. The molecule has 2 rings (SSSR count). The topological polar surface area (TPSA) is 72.2 Å². The van der Waals surface area contributed by atoms with Crippen LogP contribution in [0.15, 0.2) is 38.6 Å². The molecule has 1 aromatic carbocycles. The lowest BCUT2D eigenvalue weighted by atomic mass is 10.0. The van der Waals surface area contributed by atoms with Gasteiger partial charge in [-0.15, -0.1) is 11.8 Å². The minimum absolute atomic E-state index is 0.299. The van der Waals surface area contributed by atoms with Crippen LogP contribution in [0.25, 0.3) is 0 Å². The van der Waals surface area contributed by atoms with Gasteiger partial charge in [0.05, 0.1) is 16.6 Å². The standard InChI is InChI=1S/C15H20N2O3S2/c1-5-12(15-10(2)16-20-11(15)3)17-22(18,19)14-9-7-6-8-13(14)21-4/h6-9,12,17H,5H2,1-4H3/t12-/m0/s1. The Hall–Kier alpha value is -1.31. The first kappa shape index (κ1) is 17.1. The summed E-state index contributed by atoms with van der Waals surface area (Å²) in [6.45, 7) is 5.54. The van der Waals surface area contributed by atoms with Crippen LogP contribution >= 0.6 is 11.8 Å². The van der Waals surface area contributed by atoms with E-state index in [1.165, 1.54) is 11.8 Å². The molecule has 0 aliphatic rings. The Morgan fingerprint density at radius 1 is 1.32 bits per heavy atom. The summed E-state index contributed by atoms with van der Waals surface area (Å²) in [5, 5.41) is 3.91. The van der Waals surface area contributed by atoms with E-state index in [0.717, 1.165) is 10.5 Å². The van der Waals surface area contributed by atoms with E-state index in [9.17, 15) is 8.42 Å². The van der Waals surface area contributed by atoms with Gasteiger partial charge < -0.3 is 4.52 Å². The molecule has 0 aliphatic carbocycles. The number of rotatable bonds is 6. The molecule has 0 radical (unpaired) electrons. The minimum atomic E-state index is -3.61. The Morgan fingerprint density at radius 2 is 2.00 bits per heavy atom. The summed E-state index contributed by atoms with van der Waals surface area (Å²) >= 11 is 1.41. The van der Waals surface area contributed by atoms with Crippen molar-refractivity contribution >= 4 is 21.8 Å². The van der Waals surface area contributed by atoms with Crippen LogP contribution in [0.4, 0.5) is 0 Å². The number of nitrogens with one attached hydrogen (secondary N) is 1. The quantitative estimate of drug-likeness (QED) is 0.816. The molecule has 1 N–H and O–H groups in total. The van der Waals surface area contributed by atoms with E-state index in [1.54, 1.807) is 25.1 Å². The Morgan fingerprint density at radius 3 is 2.55 bits per heavy atom. The third-order valence-corrected chi connectivity index (χ3v) is 5.96. The van der Waals surface area contributed by atoms with Gasteiger partial charge in [-0.25, -0.2) is 13.1 Å². The molecule has 0 bridgehead atoms. The zero-order valence-electron chi connectivity index (χ0n) is 13.1. The van der Waals surface area contributed by atoms with Gasteiger partial charge in [0.25, 0.3) is 0 Å². The van der Waals surface area contributed by atoms with Crippen LogP contribution in [-0.2, 0) is 10.0 Å². The molecule has 1 heterocycles. The number of hydrogen-bond donors (Lipinski definition) is 1. The number of aromatic nitrogens is 1. The molecule has 0 amide bonds. The third-order valence-electron chi connectivity index (χ3n) is 3.50. The summed E-state index contributed by atoms with van der Waals surface area (Å²) in [7, 11) is -3.61. The Kier molecular flexibility index (Phi) is 5.31. The number of sulfonamides is 1. The van der Waals surface area contributed by atoms with Crippen LogP contribution in [0.1, 0.15) is 36.4 Å². The molecular weight excluding hydrogens is 320 g/mol. The van der Waals surface area contributed by atoms with Gasteiger partial charge in [0.1, 0.15) is 5.76 Å². The number of nitrogens with zero attached hydrogens (tertiary/aromatic N) is 1. The van der Waals surface area contributed by atoms with Gasteiger partial charge in [0.2, 0.25) is 10.0 Å². The summed E-state index contributed by atoms with van der Waals surface area (Å²) in [5.74, 6) is 0.644. The second-order valence-corrected chi connectivity index (χ2v) is 7.50. The summed E-state index contributed by atoms with van der Waals surface area (Å²) < 4.78 is 33.4. The molecule has 0 saturated carbocycles. The van der Waals surface area contributed by atoms with Gasteiger partial charge in [0, 0.05) is 10.5 Å². The van der Waals surface area contributed by atoms with Gasteiger partial charge in [-0.1, -0.05) is 24.2 Å². The monoisotopic (exact) mass is 340 g/mol. The normalized spacial score (nSPS) is 13.3. The molecule has 7 heteroatoms. The van der Waals surface area contributed by atoms with Crippen molar-refractivity contribution in [3.8, 4) is 0 Å². The van der Waals surface area contributed by atoms with E-state index >= 15 is 0 Å². The van der Waals surface area contributed by atoms with Crippen LogP contribution in [0.2, 0.25) is 0 Å². The highest BCUT2D eigenvalue weighted by molar-refractivity contribution is 7.99. The molecule has 1 atom stereocenters. The van der Waals surface area contributed by atoms with Gasteiger partial charge in [-0.3, -0.25) is 0 Å². The van der Waals surface area contributed by atoms with Crippen molar-refractivity contribution in [3.63, 3.8) is 0 Å². The average molecular weight is 340 g/mol. The fourth-order valence-electron chi connectivity index (χ4n) is 2.43. The lowest BCUT2D eigenvalue weighted by molar-refractivity contribution is 0.390. The predicted octanol–water partition coefficient (Wildman–Crippen LogP) is 3.44. The number of benzene rings is 1. The first-order valence-electron chi connectivity index (χ1n) is 6.98. The number of thioether (sulfide) groups is 1. The SMILES string of the molecule is CC[C@H](NS(=O)(=O)c1ccccc1SC)c1c(C)noc1C. The highest BCUT2D eigenvalue weighted by atomic mass is 32.2. The Balaban J connectivity index is 2.38. The maximum Gasteiger partial charge on any atom is 0.242 e. The van der Waals surface area contributed by atoms with Gasteiger partial charge >= 0.3 is 0 Å². The van der Waals surface area contributed by atoms with Crippen LogP contribution in [0.3, 0.4) is 0 Å².